The summed E-state index contributed by atoms with van der Waals surface area (Å²) in [5.41, 5.74) is 6.46. The van der Waals surface area contributed by atoms with Crippen molar-refractivity contribution in [1.29, 1.82) is 0 Å². The van der Waals surface area contributed by atoms with E-state index >= 15 is 0 Å². The van der Waals surface area contributed by atoms with Crippen molar-refractivity contribution in [2.75, 3.05) is 10.5 Å². The van der Waals surface area contributed by atoms with Crippen LogP contribution < -0.4 is 10.5 Å². The van der Waals surface area contributed by atoms with Gasteiger partial charge in [-0.2, -0.15) is 0 Å². The van der Waals surface area contributed by atoms with Crippen molar-refractivity contribution >= 4 is 35.4 Å². The Labute approximate surface area is 167 Å². The van der Waals surface area contributed by atoms with Crippen molar-refractivity contribution in [3.05, 3.63) is 48.2 Å². The summed E-state index contributed by atoms with van der Waals surface area (Å²) in [6.07, 6.45) is 7.44. The van der Waals surface area contributed by atoms with Gasteiger partial charge in [0, 0.05) is 11.6 Å². The normalized spacial score (nSPS) is 14.4. The first-order valence-electron chi connectivity index (χ1n) is 9.08. The summed E-state index contributed by atoms with van der Waals surface area (Å²) in [5.74, 6) is -1.22. The highest BCUT2D eigenvalue weighted by Gasteiger charge is 2.15. The van der Waals surface area contributed by atoms with Crippen LogP contribution in [0.5, 0.6) is 0 Å². The van der Waals surface area contributed by atoms with Crippen LogP contribution in [0.15, 0.2) is 36.5 Å². The summed E-state index contributed by atoms with van der Waals surface area (Å²) in [7, 11) is 0. The second kappa shape index (κ2) is 9.16. The van der Waals surface area contributed by atoms with Crippen molar-refractivity contribution in [1.82, 2.24) is 9.97 Å². The lowest BCUT2D eigenvalue weighted by atomic mass is 9.98. The van der Waals surface area contributed by atoms with E-state index in [2.05, 4.69) is 27.5 Å². The molecule has 0 bridgehead atoms. The molecule has 0 atom stereocenters. The zero-order chi connectivity index (χ0) is 20.1. The Bertz CT molecular complexity index is 964. The lowest BCUT2D eigenvalue weighted by Gasteiger charge is -2.14. The molecule has 1 aliphatic carbocycles. The molecule has 28 heavy (non-hydrogen) atoms. The molecule has 8 heteroatoms. The van der Waals surface area contributed by atoms with E-state index in [0.29, 0.717) is 16.5 Å². The highest BCUT2D eigenvalue weighted by atomic mass is 32.1. The van der Waals surface area contributed by atoms with E-state index in [1.54, 1.807) is 18.2 Å². The third-order valence-corrected chi connectivity index (χ3v) is 4.91. The number of nitrogens with one attached hydrogen (secondary N) is 1. The Morgan fingerprint density at radius 3 is 2.50 bits per heavy atom. The Hall–Kier alpha value is -2.45. The van der Waals surface area contributed by atoms with E-state index in [9.17, 15) is 8.78 Å². The third-order valence-electron chi connectivity index (χ3n) is 4.67. The summed E-state index contributed by atoms with van der Waals surface area (Å²) in [6.45, 7) is 0. The summed E-state index contributed by atoms with van der Waals surface area (Å²) >= 11 is 3.80. The third kappa shape index (κ3) is 4.69. The monoisotopic (exact) mass is 404 g/mol. The smallest absolute Gasteiger partial charge is 0.220 e. The fourth-order valence-corrected chi connectivity index (χ4v) is 3.36. The number of rotatable bonds is 2. The number of thiol groups is 1. The highest BCUT2D eigenvalue weighted by Crippen LogP contribution is 2.32. The summed E-state index contributed by atoms with van der Waals surface area (Å²) in [5, 5.41) is 9.55. The molecule has 148 valence electrons. The number of benzene rings is 2. The van der Waals surface area contributed by atoms with Gasteiger partial charge in [-0.3, -0.25) is 0 Å². The van der Waals surface area contributed by atoms with Gasteiger partial charge in [0.1, 0.15) is 5.82 Å². The standard InChI is InChI=1S/C14H10F2N4S.C6H12O/c15-9-2-4-11(20-21)13(16)12(9)7-1-3-10-8(5-7)6-18-14(17)19-10;7-6-4-2-1-3-5-6/h1-6,20-21H,(H2,17,18,19);6-7H,1-5H2. The first kappa shape index (κ1) is 20.3. The molecule has 1 aliphatic rings. The number of hydrogen-bond donors (Lipinski definition) is 4. The van der Waals surface area contributed by atoms with Crippen molar-refractivity contribution in [2.24, 2.45) is 0 Å². The Kier molecular flexibility index (Phi) is 6.64. The minimum atomic E-state index is -0.708. The van der Waals surface area contributed by atoms with Gasteiger partial charge in [0.2, 0.25) is 5.95 Å². The largest absolute Gasteiger partial charge is 0.393 e. The van der Waals surface area contributed by atoms with Gasteiger partial charge in [0.15, 0.2) is 5.82 Å². The van der Waals surface area contributed by atoms with Gasteiger partial charge in [0.05, 0.1) is 22.9 Å². The molecule has 1 aromatic heterocycles. The number of nitrogen functional groups attached to an aromatic ring is 1. The van der Waals surface area contributed by atoms with Gasteiger partial charge < -0.3 is 15.6 Å². The minimum absolute atomic E-state index is 0.0359. The maximum atomic E-state index is 14.3. The molecule has 0 amide bonds. The average molecular weight is 404 g/mol. The number of anilines is 2. The Morgan fingerprint density at radius 1 is 1.11 bits per heavy atom. The molecular formula is C20H22F2N4OS. The molecule has 1 fully saturated rings. The predicted octanol–water partition coefficient (Wildman–Crippen LogP) is 4.73. The summed E-state index contributed by atoms with van der Waals surface area (Å²) in [6, 6.07) is 7.30. The number of fused-ring (bicyclic) bond motifs is 1. The van der Waals surface area contributed by atoms with E-state index in [0.717, 1.165) is 12.8 Å². The van der Waals surface area contributed by atoms with Crippen LogP contribution in [-0.4, -0.2) is 21.2 Å². The molecule has 0 spiro atoms. The SMILES string of the molecule is Nc1ncc2cc(-c3c(F)ccc(NS)c3F)ccc2n1.OC1CCCCC1. The minimum Gasteiger partial charge on any atom is -0.393 e. The van der Waals surface area contributed by atoms with Crippen LogP contribution in [0, 0.1) is 11.6 Å². The number of hydrogen-bond acceptors (Lipinski definition) is 6. The molecule has 0 unspecified atom stereocenters. The van der Waals surface area contributed by atoms with E-state index in [1.807, 2.05) is 0 Å². The van der Waals surface area contributed by atoms with Crippen LogP contribution in [0.2, 0.25) is 0 Å². The first-order valence-corrected chi connectivity index (χ1v) is 9.53. The number of nitrogens with two attached hydrogens (primary N) is 1. The molecule has 0 saturated heterocycles. The van der Waals surface area contributed by atoms with Crippen LogP contribution in [0.4, 0.5) is 20.4 Å². The van der Waals surface area contributed by atoms with Crippen LogP contribution in [0.1, 0.15) is 32.1 Å². The molecule has 0 aliphatic heterocycles. The predicted molar refractivity (Wildman–Crippen MR) is 111 cm³/mol. The van der Waals surface area contributed by atoms with Gasteiger partial charge in [-0.1, -0.05) is 38.1 Å². The molecule has 2 aromatic carbocycles. The lowest BCUT2D eigenvalue weighted by Crippen LogP contribution is -2.09. The molecule has 3 aromatic rings. The number of aromatic nitrogens is 2. The van der Waals surface area contributed by atoms with Crippen LogP contribution in [0.3, 0.4) is 0 Å². The fourth-order valence-electron chi connectivity index (χ4n) is 3.19. The number of nitrogens with zero attached hydrogens (tertiary/aromatic N) is 2. The van der Waals surface area contributed by atoms with Gasteiger partial charge in [-0.15, -0.1) is 0 Å². The lowest BCUT2D eigenvalue weighted by molar-refractivity contribution is 0.130. The number of aliphatic hydroxyl groups excluding tert-OH is 1. The maximum absolute atomic E-state index is 14.3. The maximum Gasteiger partial charge on any atom is 0.220 e. The number of aliphatic hydroxyl groups is 1. The van der Waals surface area contributed by atoms with Gasteiger partial charge >= 0.3 is 0 Å². The van der Waals surface area contributed by atoms with E-state index in [4.69, 9.17) is 10.8 Å². The van der Waals surface area contributed by atoms with E-state index in [-0.39, 0.29) is 23.3 Å². The fraction of sp³-hybridized carbons (Fsp3) is 0.300. The average Bonchev–Trinajstić information content (AvgIpc) is 2.69. The van der Waals surface area contributed by atoms with E-state index in [1.165, 1.54) is 37.6 Å². The molecule has 4 N–H and O–H groups in total. The Morgan fingerprint density at radius 2 is 1.86 bits per heavy atom. The van der Waals surface area contributed by atoms with E-state index < -0.39 is 11.6 Å². The van der Waals surface area contributed by atoms with Crippen LogP contribution in [-0.2, 0) is 0 Å². The van der Waals surface area contributed by atoms with Gasteiger partial charge in [-0.05, 0) is 42.7 Å². The Balaban J connectivity index is 0.000000271. The van der Waals surface area contributed by atoms with Gasteiger partial charge in [-0.25, -0.2) is 18.7 Å². The van der Waals surface area contributed by atoms with Crippen molar-refractivity contribution in [3.63, 3.8) is 0 Å². The molecule has 5 nitrogen and oxygen atoms in total. The summed E-state index contributed by atoms with van der Waals surface area (Å²) in [4.78, 5) is 7.92. The van der Waals surface area contributed by atoms with Crippen molar-refractivity contribution in [3.8, 4) is 11.1 Å². The molecule has 1 heterocycles. The topological polar surface area (TPSA) is 84.1 Å². The first-order chi connectivity index (χ1) is 13.5. The van der Waals surface area contributed by atoms with Crippen molar-refractivity contribution < 1.29 is 13.9 Å². The van der Waals surface area contributed by atoms with Crippen molar-refractivity contribution in [2.45, 2.75) is 38.2 Å². The zero-order valence-electron chi connectivity index (χ0n) is 15.2. The van der Waals surface area contributed by atoms with Gasteiger partial charge in [0.25, 0.3) is 0 Å². The molecule has 0 radical (unpaired) electrons. The zero-order valence-corrected chi connectivity index (χ0v) is 16.1. The second-order valence-electron chi connectivity index (χ2n) is 6.69. The highest BCUT2D eigenvalue weighted by molar-refractivity contribution is 7.81. The molecule has 4 rings (SSSR count). The summed E-state index contributed by atoms with van der Waals surface area (Å²) < 4.78 is 30.6. The van der Waals surface area contributed by atoms with Crippen LogP contribution in [0.25, 0.3) is 22.0 Å². The quantitative estimate of drug-likeness (QED) is 0.464. The molecular weight excluding hydrogens is 382 g/mol. The second-order valence-corrected chi connectivity index (χ2v) is 6.91. The van der Waals surface area contributed by atoms with Crippen LogP contribution >= 0.6 is 12.8 Å². The number of halogens is 2. The molecule has 1 saturated carbocycles.